The van der Waals surface area contributed by atoms with Crippen LogP contribution < -0.4 is 15.4 Å². The summed E-state index contributed by atoms with van der Waals surface area (Å²) in [5, 5.41) is 6.18. The maximum atomic E-state index is 13.2. The minimum atomic E-state index is -2.61. The third kappa shape index (κ3) is 3.35. The van der Waals surface area contributed by atoms with Crippen LogP contribution in [0.1, 0.15) is 36.7 Å². The van der Waals surface area contributed by atoms with E-state index in [1.165, 1.54) is 12.3 Å². The van der Waals surface area contributed by atoms with Gasteiger partial charge in [0.25, 0.3) is 12.0 Å². The van der Waals surface area contributed by atoms with Crippen molar-refractivity contribution in [1.82, 2.24) is 20.2 Å². The summed E-state index contributed by atoms with van der Waals surface area (Å²) in [6, 6.07) is 1.37. The number of aromatic amines is 1. The van der Waals surface area contributed by atoms with E-state index in [0.29, 0.717) is 43.5 Å². The molecule has 138 valence electrons. The topological polar surface area (TPSA) is 78.0 Å². The van der Waals surface area contributed by atoms with E-state index in [2.05, 4.69) is 20.2 Å². The van der Waals surface area contributed by atoms with Crippen LogP contribution in [0.5, 0.6) is 0 Å². The zero-order chi connectivity index (χ0) is 18.3. The summed E-state index contributed by atoms with van der Waals surface area (Å²) in [6.45, 7) is 2.31. The monoisotopic (exact) mass is 382 g/mol. The van der Waals surface area contributed by atoms with E-state index >= 15 is 0 Å². The molecule has 2 aromatic rings. The second-order valence-electron chi connectivity index (χ2n) is 6.46. The molecule has 0 spiro atoms. The number of aromatic nitrogens is 4. The number of rotatable bonds is 4. The average molecular weight is 383 g/mol. The number of nitrogens with zero attached hydrogens (tertiary/aromatic N) is 5. The molecule has 0 amide bonds. The van der Waals surface area contributed by atoms with Crippen LogP contribution >= 0.6 is 11.6 Å². The van der Waals surface area contributed by atoms with Crippen molar-refractivity contribution >= 4 is 23.1 Å². The van der Waals surface area contributed by atoms with Crippen molar-refractivity contribution in [3.8, 4) is 0 Å². The van der Waals surface area contributed by atoms with Gasteiger partial charge in [-0.25, -0.2) is 23.8 Å². The summed E-state index contributed by atoms with van der Waals surface area (Å²) in [7, 11) is 0. The Morgan fingerprint density at radius 1 is 1.15 bits per heavy atom. The summed E-state index contributed by atoms with van der Waals surface area (Å²) in [5.41, 5.74) is -0.0797. The molecule has 1 aliphatic heterocycles. The minimum absolute atomic E-state index is 0.103. The first-order valence-electron chi connectivity index (χ1n) is 8.43. The summed E-state index contributed by atoms with van der Waals surface area (Å²) in [5.74, 6) is 1.25. The molecule has 0 atom stereocenters. The van der Waals surface area contributed by atoms with Gasteiger partial charge < -0.3 is 9.80 Å². The predicted molar refractivity (Wildman–Crippen MR) is 93.3 cm³/mol. The smallest absolute Gasteiger partial charge is 0.285 e. The second kappa shape index (κ2) is 6.79. The highest BCUT2D eigenvalue weighted by Gasteiger charge is 2.30. The molecule has 1 saturated heterocycles. The Kier molecular flexibility index (Phi) is 4.47. The van der Waals surface area contributed by atoms with Crippen LogP contribution in [-0.4, -0.2) is 46.3 Å². The Morgan fingerprint density at radius 3 is 2.50 bits per heavy atom. The first-order chi connectivity index (χ1) is 12.5. The lowest BCUT2D eigenvalue weighted by molar-refractivity contribution is 0.145. The highest BCUT2D eigenvalue weighted by molar-refractivity contribution is 6.33. The molecule has 2 fully saturated rings. The Labute approximate surface area is 153 Å². The third-order valence-corrected chi connectivity index (χ3v) is 5.00. The predicted octanol–water partition coefficient (Wildman–Crippen LogP) is 2.35. The van der Waals surface area contributed by atoms with Crippen LogP contribution in [0.3, 0.4) is 0 Å². The zero-order valence-corrected chi connectivity index (χ0v) is 14.6. The summed E-state index contributed by atoms with van der Waals surface area (Å²) in [6.07, 6.45) is 0.808. The van der Waals surface area contributed by atoms with Crippen LogP contribution in [0.25, 0.3) is 0 Å². The lowest BCUT2D eigenvalue weighted by Gasteiger charge is -2.36. The van der Waals surface area contributed by atoms with Gasteiger partial charge in [0, 0.05) is 38.2 Å². The molecule has 26 heavy (non-hydrogen) atoms. The van der Waals surface area contributed by atoms with E-state index in [9.17, 15) is 13.6 Å². The van der Waals surface area contributed by atoms with Gasteiger partial charge in [0.15, 0.2) is 0 Å². The lowest BCUT2D eigenvalue weighted by Crippen LogP contribution is -2.47. The molecule has 1 aliphatic carbocycles. The summed E-state index contributed by atoms with van der Waals surface area (Å²) in [4.78, 5) is 24.0. The van der Waals surface area contributed by atoms with Crippen molar-refractivity contribution in [3.63, 3.8) is 0 Å². The van der Waals surface area contributed by atoms with Crippen molar-refractivity contribution in [1.29, 1.82) is 0 Å². The molecule has 2 aliphatic rings. The SMILES string of the molecule is O=c1[nH]ncc(N2CCN(c3cc(C(F)F)nc(C4CC4)n3)CC2)c1Cl. The second-order valence-corrected chi connectivity index (χ2v) is 6.83. The number of piperazine rings is 1. The van der Waals surface area contributed by atoms with Crippen molar-refractivity contribution in [2.24, 2.45) is 0 Å². The van der Waals surface area contributed by atoms with Gasteiger partial charge in [0.05, 0.1) is 11.9 Å². The standard InChI is InChI=1S/C16H17ClF2N6O/c17-13-11(8-20-23-16(13)26)24-3-5-25(6-4-24)12-7-10(14(18)19)21-15(22-12)9-1-2-9/h7-9,14H,1-6H2,(H,23,26). The highest BCUT2D eigenvalue weighted by atomic mass is 35.5. The van der Waals surface area contributed by atoms with E-state index in [0.717, 1.165) is 12.8 Å². The molecular formula is C16H17ClF2N6O. The molecule has 1 saturated carbocycles. The molecule has 0 radical (unpaired) electrons. The van der Waals surface area contributed by atoms with Crippen molar-refractivity contribution in [2.45, 2.75) is 25.2 Å². The van der Waals surface area contributed by atoms with E-state index in [4.69, 9.17) is 11.6 Å². The molecule has 1 N–H and O–H groups in total. The minimum Gasteiger partial charge on any atom is -0.365 e. The Morgan fingerprint density at radius 2 is 1.85 bits per heavy atom. The first-order valence-corrected chi connectivity index (χ1v) is 8.81. The molecule has 0 aromatic carbocycles. The zero-order valence-electron chi connectivity index (χ0n) is 13.8. The van der Waals surface area contributed by atoms with Crippen LogP contribution in [0.15, 0.2) is 17.1 Å². The quantitative estimate of drug-likeness (QED) is 0.874. The number of alkyl halides is 2. The van der Waals surface area contributed by atoms with Gasteiger partial charge in [-0.05, 0) is 12.8 Å². The fraction of sp³-hybridized carbons (Fsp3) is 0.500. The van der Waals surface area contributed by atoms with E-state index in [1.54, 1.807) is 0 Å². The van der Waals surface area contributed by atoms with Crippen LogP contribution in [0.2, 0.25) is 5.02 Å². The molecule has 4 rings (SSSR count). The Balaban J connectivity index is 1.53. The van der Waals surface area contributed by atoms with Gasteiger partial charge in [-0.2, -0.15) is 5.10 Å². The van der Waals surface area contributed by atoms with Crippen molar-refractivity contribution in [3.05, 3.63) is 39.2 Å². The molecule has 2 aromatic heterocycles. The number of hydrogen-bond acceptors (Lipinski definition) is 6. The molecular weight excluding hydrogens is 366 g/mol. The highest BCUT2D eigenvalue weighted by Crippen LogP contribution is 2.39. The van der Waals surface area contributed by atoms with Crippen LogP contribution in [0.4, 0.5) is 20.3 Å². The van der Waals surface area contributed by atoms with Gasteiger partial charge in [-0.3, -0.25) is 4.79 Å². The molecule has 0 unspecified atom stereocenters. The summed E-state index contributed by atoms with van der Waals surface area (Å²) < 4.78 is 26.3. The maximum absolute atomic E-state index is 13.2. The van der Waals surface area contributed by atoms with Gasteiger partial charge in [0.1, 0.15) is 22.4 Å². The van der Waals surface area contributed by atoms with Crippen molar-refractivity contribution in [2.75, 3.05) is 36.0 Å². The van der Waals surface area contributed by atoms with Gasteiger partial charge in [-0.1, -0.05) is 11.6 Å². The number of hydrogen-bond donors (Lipinski definition) is 1. The molecule has 0 bridgehead atoms. The average Bonchev–Trinajstić information content (AvgIpc) is 3.49. The Hall–Kier alpha value is -2.29. The molecule has 7 nitrogen and oxygen atoms in total. The van der Waals surface area contributed by atoms with Gasteiger partial charge in [-0.15, -0.1) is 0 Å². The first kappa shape index (κ1) is 17.1. The van der Waals surface area contributed by atoms with Gasteiger partial charge >= 0.3 is 0 Å². The largest absolute Gasteiger partial charge is 0.365 e. The molecule has 3 heterocycles. The fourth-order valence-electron chi connectivity index (χ4n) is 3.04. The molecule has 10 heteroatoms. The number of H-pyrrole nitrogens is 1. The van der Waals surface area contributed by atoms with E-state index in [1.807, 2.05) is 9.80 Å². The Bertz CT molecular complexity index is 844. The normalized spacial score (nSPS) is 17.8. The van der Waals surface area contributed by atoms with Gasteiger partial charge in [0.2, 0.25) is 0 Å². The lowest BCUT2D eigenvalue weighted by atomic mass is 10.2. The van der Waals surface area contributed by atoms with E-state index in [-0.39, 0.29) is 16.6 Å². The third-order valence-electron chi connectivity index (χ3n) is 4.64. The summed E-state index contributed by atoms with van der Waals surface area (Å²) >= 11 is 6.06. The van der Waals surface area contributed by atoms with Crippen LogP contribution in [-0.2, 0) is 0 Å². The van der Waals surface area contributed by atoms with E-state index < -0.39 is 12.0 Å². The number of anilines is 2. The fourth-order valence-corrected chi connectivity index (χ4v) is 3.25. The van der Waals surface area contributed by atoms with Crippen molar-refractivity contribution < 1.29 is 8.78 Å². The number of nitrogens with one attached hydrogen (secondary N) is 1. The maximum Gasteiger partial charge on any atom is 0.285 e. The van der Waals surface area contributed by atoms with Crippen LogP contribution in [0, 0.1) is 0 Å². The number of halogens is 3.